The summed E-state index contributed by atoms with van der Waals surface area (Å²) in [5.74, 6) is 0.214. The molecular formula is C27H31N3O6S. The number of anilines is 2. The highest BCUT2D eigenvalue weighted by atomic mass is 32.2. The Balaban J connectivity index is 1.42. The van der Waals surface area contributed by atoms with Gasteiger partial charge in [0.15, 0.2) is 11.5 Å². The Hall–Kier alpha value is -3.50. The zero-order valence-electron chi connectivity index (χ0n) is 21.0. The van der Waals surface area contributed by atoms with Crippen LogP contribution in [0.1, 0.15) is 25.3 Å². The van der Waals surface area contributed by atoms with Gasteiger partial charge in [0.05, 0.1) is 43.2 Å². The summed E-state index contributed by atoms with van der Waals surface area (Å²) >= 11 is 0.810. The van der Waals surface area contributed by atoms with Crippen molar-refractivity contribution in [3.8, 4) is 11.5 Å². The fourth-order valence-corrected chi connectivity index (χ4v) is 4.84. The molecule has 2 aromatic rings. The van der Waals surface area contributed by atoms with E-state index < -0.39 is 17.1 Å². The van der Waals surface area contributed by atoms with Crippen LogP contribution in [0.15, 0.2) is 47.4 Å². The predicted octanol–water partition coefficient (Wildman–Crippen LogP) is 4.39. The highest BCUT2D eigenvalue weighted by Crippen LogP contribution is 2.35. The summed E-state index contributed by atoms with van der Waals surface area (Å²) in [7, 11) is 1.55. The monoisotopic (exact) mass is 525 g/mol. The molecule has 0 radical (unpaired) electrons. The summed E-state index contributed by atoms with van der Waals surface area (Å²) in [5.41, 5.74) is 2.20. The van der Waals surface area contributed by atoms with E-state index in [0.29, 0.717) is 42.6 Å². The van der Waals surface area contributed by atoms with Crippen LogP contribution < -0.4 is 19.7 Å². The normalized spacial score (nSPS) is 16.9. The fourth-order valence-electron chi connectivity index (χ4n) is 4.00. The number of benzene rings is 2. The van der Waals surface area contributed by atoms with Gasteiger partial charge in [-0.25, -0.2) is 0 Å². The molecule has 2 heterocycles. The van der Waals surface area contributed by atoms with Crippen molar-refractivity contribution in [2.45, 2.75) is 19.8 Å². The van der Waals surface area contributed by atoms with Crippen LogP contribution in [0.3, 0.4) is 0 Å². The molecule has 4 rings (SSSR count). The van der Waals surface area contributed by atoms with Crippen LogP contribution in [0.4, 0.5) is 16.2 Å². The number of hydrogen-bond donors (Lipinski definition) is 1. The number of rotatable bonds is 10. The molecule has 0 saturated carbocycles. The van der Waals surface area contributed by atoms with Crippen molar-refractivity contribution in [3.05, 3.63) is 52.9 Å². The third-order valence-electron chi connectivity index (χ3n) is 5.95. The van der Waals surface area contributed by atoms with Crippen LogP contribution in [0, 0.1) is 0 Å². The molecule has 1 N–H and O–H groups in total. The molecule has 0 atom stereocenters. The van der Waals surface area contributed by atoms with Crippen molar-refractivity contribution < 1.29 is 28.6 Å². The van der Waals surface area contributed by atoms with Crippen molar-refractivity contribution >= 4 is 46.3 Å². The molecule has 2 fully saturated rings. The molecule has 9 nitrogen and oxygen atoms in total. The van der Waals surface area contributed by atoms with Gasteiger partial charge >= 0.3 is 0 Å². The Morgan fingerprint density at radius 2 is 1.92 bits per heavy atom. The van der Waals surface area contributed by atoms with Crippen LogP contribution in [-0.4, -0.2) is 68.5 Å². The summed E-state index contributed by atoms with van der Waals surface area (Å²) in [5, 5.41) is 2.37. The molecule has 0 spiro atoms. The third kappa shape index (κ3) is 6.64. The average Bonchev–Trinajstić information content (AvgIpc) is 3.17. The average molecular weight is 526 g/mol. The first-order valence-electron chi connectivity index (χ1n) is 12.3. The largest absolute Gasteiger partial charge is 0.493 e. The Kier molecular flexibility index (Phi) is 9.08. The summed E-state index contributed by atoms with van der Waals surface area (Å²) in [6.45, 7) is 4.98. The Labute approximate surface area is 220 Å². The summed E-state index contributed by atoms with van der Waals surface area (Å²) in [6.07, 6.45) is 3.58. The van der Waals surface area contributed by atoms with Crippen molar-refractivity contribution in [2.24, 2.45) is 0 Å². The van der Waals surface area contributed by atoms with Crippen LogP contribution in [0.2, 0.25) is 0 Å². The third-order valence-corrected chi connectivity index (χ3v) is 6.85. The number of para-hydroxylation sites is 2. The topological polar surface area (TPSA) is 97.4 Å². The Morgan fingerprint density at radius 1 is 1.14 bits per heavy atom. The number of nitrogens with zero attached hydrogens (tertiary/aromatic N) is 2. The van der Waals surface area contributed by atoms with Crippen LogP contribution in [0.25, 0.3) is 6.08 Å². The van der Waals surface area contributed by atoms with Crippen molar-refractivity contribution in [2.75, 3.05) is 56.8 Å². The SMILES string of the molecule is CCCCOc1ccc(/C=C2\SC(=O)N(CC(=O)Nc3ccccc3N3CCOCC3)C2=O)cc1OC. The number of imide groups is 1. The first kappa shape index (κ1) is 26.6. The van der Waals surface area contributed by atoms with Crippen LogP contribution >= 0.6 is 11.8 Å². The summed E-state index contributed by atoms with van der Waals surface area (Å²) in [6, 6.07) is 12.8. The van der Waals surface area contributed by atoms with E-state index in [1.54, 1.807) is 37.5 Å². The van der Waals surface area contributed by atoms with Crippen molar-refractivity contribution in [3.63, 3.8) is 0 Å². The zero-order chi connectivity index (χ0) is 26.2. The van der Waals surface area contributed by atoms with E-state index in [1.165, 1.54) is 0 Å². The highest BCUT2D eigenvalue weighted by molar-refractivity contribution is 8.18. The Bertz CT molecular complexity index is 1180. The second-order valence-corrected chi connectivity index (χ2v) is 9.54. The van der Waals surface area contributed by atoms with Crippen molar-refractivity contribution in [1.29, 1.82) is 0 Å². The maximum atomic E-state index is 13.0. The number of unbranched alkanes of at least 4 members (excludes halogenated alkanes) is 1. The van der Waals surface area contributed by atoms with Gasteiger partial charge in [-0.1, -0.05) is 31.5 Å². The first-order valence-corrected chi connectivity index (χ1v) is 13.1. The minimum atomic E-state index is -0.506. The summed E-state index contributed by atoms with van der Waals surface area (Å²) < 4.78 is 16.6. The standard InChI is InChI=1S/C27H31N3O6S/c1-3-4-13-36-22-10-9-19(16-23(22)34-2)17-24-26(32)30(27(33)37-24)18-25(31)28-20-7-5-6-8-21(20)29-11-14-35-15-12-29/h5-10,16-17H,3-4,11-15,18H2,1-2H3,(H,28,31)/b24-17-. The second-order valence-electron chi connectivity index (χ2n) is 8.54. The lowest BCUT2D eigenvalue weighted by Crippen LogP contribution is -2.38. The zero-order valence-corrected chi connectivity index (χ0v) is 21.8. The molecule has 2 aromatic carbocycles. The molecule has 2 aliphatic heterocycles. The van der Waals surface area contributed by atoms with Gasteiger partial charge in [-0.05, 0) is 54.1 Å². The number of amides is 3. The van der Waals surface area contributed by atoms with E-state index >= 15 is 0 Å². The Morgan fingerprint density at radius 3 is 2.68 bits per heavy atom. The molecule has 3 amide bonds. The van der Waals surface area contributed by atoms with Crippen LogP contribution in [-0.2, 0) is 14.3 Å². The quantitative estimate of drug-likeness (QED) is 0.361. The van der Waals surface area contributed by atoms with E-state index in [1.807, 2.05) is 18.2 Å². The maximum Gasteiger partial charge on any atom is 0.294 e. The number of methoxy groups -OCH3 is 1. The molecule has 0 bridgehead atoms. The molecule has 2 saturated heterocycles. The minimum Gasteiger partial charge on any atom is -0.493 e. The highest BCUT2D eigenvalue weighted by Gasteiger charge is 2.36. The van der Waals surface area contributed by atoms with E-state index in [4.69, 9.17) is 14.2 Å². The van der Waals surface area contributed by atoms with E-state index in [-0.39, 0.29) is 11.4 Å². The van der Waals surface area contributed by atoms with Gasteiger partial charge in [-0.2, -0.15) is 0 Å². The molecule has 2 aliphatic rings. The smallest absolute Gasteiger partial charge is 0.294 e. The van der Waals surface area contributed by atoms with Gasteiger partial charge < -0.3 is 24.4 Å². The fraction of sp³-hybridized carbons (Fsp3) is 0.370. The van der Waals surface area contributed by atoms with Gasteiger partial charge in [0.25, 0.3) is 11.1 Å². The molecule has 37 heavy (non-hydrogen) atoms. The van der Waals surface area contributed by atoms with Gasteiger partial charge in [0.2, 0.25) is 5.91 Å². The number of carbonyl (C=O) groups excluding carboxylic acids is 3. The lowest BCUT2D eigenvalue weighted by molar-refractivity contribution is -0.127. The number of nitrogens with one attached hydrogen (secondary N) is 1. The predicted molar refractivity (Wildman–Crippen MR) is 144 cm³/mol. The molecule has 196 valence electrons. The molecule has 10 heteroatoms. The molecule has 0 aliphatic carbocycles. The second kappa shape index (κ2) is 12.6. The van der Waals surface area contributed by atoms with Gasteiger partial charge in [0.1, 0.15) is 6.54 Å². The van der Waals surface area contributed by atoms with E-state index in [0.717, 1.165) is 48.3 Å². The van der Waals surface area contributed by atoms with Gasteiger partial charge in [0, 0.05) is 13.1 Å². The number of thioether (sulfide) groups is 1. The number of ether oxygens (including phenoxy) is 3. The lowest BCUT2D eigenvalue weighted by atomic mass is 10.2. The van der Waals surface area contributed by atoms with E-state index in [2.05, 4.69) is 17.1 Å². The summed E-state index contributed by atoms with van der Waals surface area (Å²) in [4.78, 5) is 41.7. The molecular weight excluding hydrogens is 494 g/mol. The van der Waals surface area contributed by atoms with Crippen LogP contribution in [0.5, 0.6) is 11.5 Å². The molecule has 0 unspecified atom stereocenters. The number of carbonyl (C=O) groups is 3. The maximum absolute atomic E-state index is 13.0. The number of morpholine rings is 1. The minimum absolute atomic E-state index is 0.244. The van der Waals surface area contributed by atoms with E-state index in [9.17, 15) is 14.4 Å². The first-order chi connectivity index (χ1) is 18.0. The lowest BCUT2D eigenvalue weighted by Gasteiger charge is -2.30. The molecule has 0 aromatic heterocycles. The number of hydrogen-bond acceptors (Lipinski definition) is 8. The van der Waals surface area contributed by atoms with Gasteiger partial charge in [-0.15, -0.1) is 0 Å². The van der Waals surface area contributed by atoms with Gasteiger partial charge in [-0.3, -0.25) is 19.3 Å². The van der Waals surface area contributed by atoms with Crippen molar-refractivity contribution in [1.82, 2.24) is 4.90 Å².